The van der Waals surface area contributed by atoms with Crippen LogP contribution in [0.25, 0.3) is 0 Å². The van der Waals surface area contributed by atoms with Crippen LogP contribution in [0.4, 0.5) is 0 Å². The fourth-order valence-corrected chi connectivity index (χ4v) is 6.25. The Kier molecular flexibility index (Phi) is 5.00. The van der Waals surface area contributed by atoms with Gasteiger partial charge >= 0.3 is 0 Å². The van der Waals surface area contributed by atoms with Crippen molar-refractivity contribution in [3.05, 3.63) is 0 Å². The van der Waals surface area contributed by atoms with Gasteiger partial charge in [-0.25, -0.2) is 0 Å². The summed E-state index contributed by atoms with van der Waals surface area (Å²) in [6.07, 6.45) is 2.45. The molecular formula is C21H43N. The molecule has 0 saturated carbocycles. The van der Waals surface area contributed by atoms with Gasteiger partial charge in [-0.2, -0.15) is 0 Å². The van der Waals surface area contributed by atoms with Crippen molar-refractivity contribution in [2.45, 2.75) is 108 Å². The van der Waals surface area contributed by atoms with Crippen LogP contribution in [-0.2, 0) is 0 Å². The first kappa shape index (κ1) is 20.0. The Morgan fingerprint density at radius 1 is 1.00 bits per heavy atom. The zero-order valence-corrected chi connectivity index (χ0v) is 17.6. The average molecular weight is 310 g/mol. The van der Waals surface area contributed by atoms with Crippen LogP contribution in [0.15, 0.2) is 0 Å². The van der Waals surface area contributed by atoms with Crippen LogP contribution in [0.1, 0.15) is 95.9 Å². The van der Waals surface area contributed by atoms with E-state index in [1.54, 1.807) is 0 Å². The molecule has 0 spiro atoms. The first-order valence-electron chi connectivity index (χ1n) is 9.47. The molecule has 0 aromatic rings. The Bertz CT molecular complexity index is 408. The lowest BCUT2D eigenvalue weighted by Gasteiger charge is -2.74. The fraction of sp³-hybridized carbons (Fsp3) is 1.00. The van der Waals surface area contributed by atoms with E-state index in [2.05, 4.69) is 88.4 Å². The summed E-state index contributed by atoms with van der Waals surface area (Å²) in [4.78, 5) is 0. The quantitative estimate of drug-likeness (QED) is 0.644. The maximum atomic E-state index is 4.04. The average Bonchev–Trinajstić information content (AvgIpc) is 2.41. The second kappa shape index (κ2) is 5.50. The van der Waals surface area contributed by atoms with Crippen molar-refractivity contribution in [3.8, 4) is 0 Å². The van der Waals surface area contributed by atoms with Gasteiger partial charge in [0.05, 0.1) is 0 Å². The molecule has 4 atom stereocenters. The summed E-state index contributed by atoms with van der Waals surface area (Å²) in [5, 5.41) is 4.04. The van der Waals surface area contributed by atoms with Gasteiger partial charge in [0.25, 0.3) is 0 Å². The van der Waals surface area contributed by atoms with E-state index in [0.29, 0.717) is 22.8 Å². The van der Waals surface area contributed by atoms with Crippen LogP contribution in [0.5, 0.6) is 0 Å². The summed E-state index contributed by atoms with van der Waals surface area (Å²) in [5.41, 5.74) is 1.15. The van der Waals surface area contributed by atoms with Crippen molar-refractivity contribution in [3.63, 3.8) is 0 Å². The summed E-state index contributed by atoms with van der Waals surface area (Å²) >= 11 is 0. The van der Waals surface area contributed by atoms with Gasteiger partial charge in [-0.15, -0.1) is 0 Å². The predicted molar refractivity (Wildman–Crippen MR) is 100 cm³/mol. The highest BCUT2D eigenvalue weighted by Gasteiger charge is 2.69. The summed E-state index contributed by atoms with van der Waals surface area (Å²) in [7, 11) is 0. The molecule has 1 aliphatic rings. The first-order chi connectivity index (χ1) is 9.69. The molecule has 1 nitrogen and oxygen atoms in total. The smallest absolute Gasteiger partial charge is 0.0192 e. The number of nitrogens with one attached hydrogen (secondary N) is 1. The lowest BCUT2D eigenvalue weighted by atomic mass is 9.35. The largest absolute Gasteiger partial charge is 0.308 e. The summed E-state index contributed by atoms with van der Waals surface area (Å²) in [5.74, 6) is 0.664. The maximum Gasteiger partial charge on any atom is 0.0192 e. The minimum Gasteiger partial charge on any atom is -0.308 e. The molecule has 1 rings (SSSR count). The van der Waals surface area contributed by atoms with Crippen LogP contribution < -0.4 is 5.32 Å². The molecule has 3 unspecified atom stereocenters. The second-order valence-corrected chi connectivity index (χ2v) is 9.94. The highest BCUT2D eigenvalue weighted by atomic mass is 15.1. The van der Waals surface area contributed by atoms with E-state index in [1.807, 2.05) is 0 Å². The van der Waals surface area contributed by atoms with Crippen molar-refractivity contribution >= 4 is 0 Å². The fourth-order valence-electron chi connectivity index (χ4n) is 6.25. The van der Waals surface area contributed by atoms with Crippen molar-refractivity contribution in [1.29, 1.82) is 0 Å². The van der Waals surface area contributed by atoms with Crippen LogP contribution in [0.2, 0.25) is 0 Å². The maximum absolute atomic E-state index is 4.04. The highest BCUT2D eigenvalue weighted by molar-refractivity contribution is 5.21. The van der Waals surface area contributed by atoms with E-state index in [4.69, 9.17) is 0 Å². The second-order valence-electron chi connectivity index (χ2n) is 9.94. The molecule has 22 heavy (non-hydrogen) atoms. The predicted octanol–water partition coefficient (Wildman–Crippen LogP) is 6.28. The molecule has 0 aliphatic carbocycles. The molecule has 0 bridgehead atoms. The topological polar surface area (TPSA) is 12.0 Å². The van der Waals surface area contributed by atoms with Gasteiger partial charge in [-0.1, -0.05) is 62.3 Å². The van der Waals surface area contributed by atoms with Gasteiger partial charge in [-0.05, 0) is 61.2 Å². The molecule has 0 amide bonds. The van der Waals surface area contributed by atoms with Crippen molar-refractivity contribution in [1.82, 2.24) is 5.32 Å². The standard InChI is InChI=1S/C21H43N/c1-13-19(10,15(3)4)21(12)17(6,7)20(11,14-2)16(5)22-18(21,8)9/h15-16,22H,13-14H2,1-12H3/t16?,19?,20?,21-/m1/s1. The van der Waals surface area contributed by atoms with Gasteiger partial charge in [0.2, 0.25) is 0 Å². The molecule has 0 aromatic heterocycles. The van der Waals surface area contributed by atoms with Crippen LogP contribution in [-0.4, -0.2) is 11.6 Å². The highest BCUT2D eigenvalue weighted by Crippen LogP contribution is 2.70. The first-order valence-corrected chi connectivity index (χ1v) is 9.47. The molecule has 1 fully saturated rings. The van der Waals surface area contributed by atoms with E-state index < -0.39 is 0 Å². The minimum atomic E-state index is 0.111. The zero-order chi connectivity index (χ0) is 17.8. The third kappa shape index (κ3) is 2.06. The lowest BCUT2D eigenvalue weighted by Crippen LogP contribution is -2.77. The van der Waals surface area contributed by atoms with Crippen molar-refractivity contribution < 1.29 is 0 Å². The van der Waals surface area contributed by atoms with E-state index in [-0.39, 0.29) is 16.4 Å². The molecule has 1 heteroatoms. The van der Waals surface area contributed by atoms with E-state index in [1.165, 1.54) is 12.8 Å². The van der Waals surface area contributed by atoms with Crippen LogP contribution >= 0.6 is 0 Å². The Morgan fingerprint density at radius 2 is 1.45 bits per heavy atom. The Morgan fingerprint density at radius 3 is 1.77 bits per heavy atom. The third-order valence-corrected chi connectivity index (χ3v) is 9.35. The third-order valence-electron chi connectivity index (χ3n) is 9.35. The number of piperidine rings is 1. The Labute approximate surface area is 141 Å². The molecule has 0 radical (unpaired) electrons. The normalized spacial score (nSPS) is 40.5. The van der Waals surface area contributed by atoms with Gasteiger partial charge in [0.15, 0.2) is 0 Å². The SMILES string of the molecule is CCC1(C)C(C)NC(C)(C)[C@](C)(C(C)(CC)C(C)C)C1(C)C. The van der Waals surface area contributed by atoms with Crippen LogP contribution in [0.3, 0.4) is 0 Å². The van der Waals surface area contributed by atoms with Crippen LogP contribution in [0, 0.1) is 27.6 Å². The molecule has 1 N–H and O–H groups in total. The summed E-state index contributed by atoms with van der Waals surface area (Å²) < 4.78 is 0. The number of rotatable bonds is 4. The van der Waals surface area contributed by atoms with Gasteiger partial charge in [-0.3, -0.25) is 0 Å². The molecule has 1 saturated heterocycles. The van der Waals surface area contributed by atoms with Gasteiger partial charge < -0.3 is 5.32 Å². The minimum absolute atomic E-state index is 0.111. The van der Waals surface area contributed by atoms with E-state index >= 15 is 0 Å². The zero-order valence-electron chi connectivity index (χ0n) is 17.6. The van der Waals surface area contributed by atoms with E-state index in [9.17, 15) is 0 Å². The molecule has 0 aromatic carbocycles. The molecular weight excluding hydrogens is 266 g/mol. The monoisotopic (exact) mass is 309 g/mol. The lowest BCUT2D eigenvalue weighted by molar-refractivity contribution is -0.225. The summed E-state index contributed by atoms with van der Waals surface area (Å²) in [6.45, 7) is 29.6. The van der Waals surface area contributed by atoms with Crippen molar-refractivity contribution in [2.24, 2.45) is 27.6 Å². The molecule has 132 valence electrons. The Hall–Kier alpha value is -0.0400. The number of hydrogen-bond acceptors (Lipinski definition) is 1. The Balaban J connectivity index is 3.73. The van der Waals surface area contributed by atoms with E-state index in [0.717, 1.165) is 0 Å². The van der Waals surface area contributed by atoms with Gasteiger partial charge in [0, 0.05) is 11.6 Å². The summed E-state index contributed by atoms with van der Waals surface area (Å²) in [6, 6.07) is 0.531. The molecule has 1 aliphatic heterocycles. The molecule has 1 heterocycles. The van der Waals surface area contributed by atoms with Crippen molar-refractivity contribution in [2.75, 3.05) is 0 Å². The number of hydrogen-bond donors (Lipinski definition) is 1. The van der Waals surface area contributed by atoms with Gasteiger partial charge in [0.1, 0.15) is 0 Å².